The van der Waals surface area contributed by atoms with Gasteiger partial charge in [-0.05, 0) is 35.4 Å². The Morgan fingerprint density at radius 1 is 0.885 bits per heavy atom. The van der Waals surface area contributed by atoms with Crippen LogP contribution in [-0.2, 0) is 0 Å². The highest BCUT2D eigenvalue weighted by Crippen LogP contribution is 2.41. The summed E-state index contributed by atoms with van der Waals surface area (Å²) in [5.41, 5.74) is 4.63. The summed E-state index contributed by atoms with van der Waals surface area (Å²) in [5, 5.41) is 3.26. The van der Waals surface area contributed by atoms with Gasteiger partial charge in [0.2, 0.25) is 0 Å². The van der Waals surface area contributed by atoms with Gasteiger partial charge in [0.25, 0.3) is 0 Å². The maximum Gasteiger partial charge on any atom is 0.191 e. The molecule has 0 saturated carbocycles. The van der Waals surface area contributed by atoms with Gasteiger partial charge in [0.05, 0.1) is 7.11 Å². The number of rotatable bonds is 4. The van der Waals surface area contributed by atoms with E-state index < -0.39 is 0 Å². The van der Waals surface area contributed by atoms with Crippen LogP contribution in [0.4, 0.5) is 5.69 Å². The molecule has 4 rings (SSSR count). The fraction of sp³-hybridized carbons (Fsp3) is 0.0870. The first-order chi connectivity index (χ1) is 12.8. The zero-order valence-corrected chi connectivity index (χ0v) is 14.5. The van der Waals surface area contributed by atoms with Crippen molar-refractivity contribution in [2.45, 2.75) is 5.92 Å². The molecule has 0 amide bonds. The number of nitrogens with one attached hydrogen (secondary N) is 1. The zero-order chi connectivity index (χ0) is 17.9. The van der Waals surface area contributed by atoms with Gasteiger partial charge in [-0.2, -0.15) is 0 Å². The minimum atomic E-state index is -0.0503. The summed E-state index contributed by atoms with van der Waals surface area (Å²) in [6.45, 7) is 0. The van der Waals surface area contributed by atoms with Crippen LogP contribution in [0, 0.1) is 0 Å². The Balaban J connectivity index is 1.72. The molecule has 1 aliphatic carbocycles. The second kappa shape index (κ2) is 6.89. The van der Waals surface area contributed by atoms with E-state index in [9.17, 15) is 4.79 Å². The lowest BCUT2D eigenvalue weighted by Gasteiger charge is -2.14. The van der Waals surface area contributed by atoms with E-state index in [1.54, 1.807) is 7.11 Å². The van der Waals surface area contributed by atoms with Gasteiger partial charge < -0.3 is 10.1 Å². The highest BCUT2D eigenvalue weighted by molar-refractivity contribution is 6.15. The molecule has 3 aromatic carbocycles. The van der Waals surface area contributed by atoms with E-state index >= 15 is 0 Å². The van der Waals surface area contributed by atoms with E-state index in [4.69, 9.17) is 4.74 Å². The Morgan fingerprint density at radius 2 is 1.58 bits per heavy atom. The van der Waals surface area contributed by atoms with Gasteiger partial charge in [0.1, 0.15) is 5.75 Å². The van der Waals surface area contributed by atoms with Crippen LogP contribution in [0.25, 0.3) is 0 Å². The number of fused-ring (bicyclic) bond motifs is 1. The third kappa shape index (κ3) is 2.88. The van der Waals surface area contributed by atoms with Gasteiger partial charge in [-0.3, -0.25) is 4.79 Å². The molecule has 0 unspecified atom stereocenters. The van der Waals surface area contributed by atoms with Crippen LogP contribution in [0.3, 0.4) is 0 Å². The third-order valence-corrected chi connectivity index (χ3v) is 4.71. The zero-order valence-electron chi connectivity index (χ0n) is 14.5. The molecule has 0 heterocycles. The highest BCUT2D eigenvalue weighted by atomic mass is 16.5. The first-order valence-corrected chi connectivity index (χ1v) is 8.57. The summed E-state index contributed by atoms with van der Waals surface area (Å²) in [5.74, 6) is 0.829. The SMILES string of the molecule is COc1ccc(N/C=C2/C(=O)c3ccccc3[C@H]2c2ccccc2)cc1. The van der Waals surface area contributed by atoms with Crippen LogP contribution in [0.1, 0.15) is 27.4 Å². The third-order valence-electron chi connectivity index (χ3n) is 4.71. The minimum absolute atomic E-state index is 0.0503. The molecule has 0 bridgehead atoms. The Kier molecular flexibility index (Phi) is 4.28. The topological polar surface area (TPSA) is 38.3 Å². The number of hydrogen-bond donors (Lipinski definition) is 1. The van der Waals surface area contributed by atoms with Crippen molar-refractivity contribution in [2.75, 3.05) is 12.4 Å². The lowest BCUT2D eigenvalue weighted by Crippen LogP contribution is -2.05. The summed E-state index contributed by atoms with van der Waals surface area (Å²) in [6, 6.07) is 25.6. The quantitative estimate of drug-likeness (QED) is 0.677. The second-order valence-corrected chi connectivity index (χ2v) is 6.23. The number of Topliss-reactive ketones (excluding diaryl/α,β-unsaturated/α-hetero) is 1. The van der Waals surface area contributed by atoms with E-state index in [2.05, 4.69) is 17.4 Å². The summed E-state index contributed by atoms with van der Waals surface area (Å²) < 4.78 is 5.18. The molecule has 3 nitrogen and oxygen atoms in total. The summed E-state index contributed by atoms with van der Waals surface area (Å²) >= 11 is 0. The minimum Gasteiger partial charge on any atom is -0.497 e. The number of allylic oxidation sites excluding steroid dienone is 1. The number of carbonyl (C=O) groups is 1. The Hall–Kier alpha value is -3.33. The summed E-state index contributed by atoms with van der Waals surface area (Å²) in [7, 11) is 1.64. The molecule has 128 valence electrons. The van der Waals surface area contributed by atoms with Crippen LogP contribution in [-0.4, -0.2) is 12.9 Å². The number of carbonyl (C=O) groups excluding carboxylic acids is 1. The molecular weight excluding hydrogens is 322 g/mol. The average Bonchev–Trinajstić information content (AvgIpc) is 2.99. The van der Waals surface area contributed by atoms with E-state index in [0.717, 1.165) is 33.7 Å². The predicted molar refractivity (Wildman–Crippen MR) is 104 cm³/mol. The van der Waals surface area contributed by atoms with Crippen molar-refractivity contribution in [3.63, 3.8) is 0 Å². The maximum atomic E-state index is 13.0. The Labute approximate surface area is 152 Å². The molecule has 0 aliphatic heterocycles. The molecule has 1 aliphatic rings. The largest absolute Gasteiger partial charge is 0.497 e. The molecule has 3 aromatic rings. The first kappa shape index (κ1) is 16.2. The molecule has 1 atom stereocenters. The van der Waals surface area contributed by atoms with Crippen LogP contribution in [0.2, 0.25) is 0 Å². The summed E-state index contributed by atoms with van der Waals surface area (Å²) in [6.07, 6.45) is 1.84. The standard InChI is InChI=1S/C23H19NO2/c1-26-18-13-11-17(12-14-18)24-15-21-22(16-7-3-2-4-8-16)19-9-5-6-10-20(19)23(21)25/h2-15,22,24H,1H3/b21-15+/t22-/m1/s1. The van der Waals surface area contributed by atoms with Crippen LogP contribution < -0.4 is 10.1 Å². The number of benzene rings is 3. The van der Waals surface area contributed by atoms with Crippen molar-refractivity contribution in [3.05, 3.63) is 107 Å². The highest BCUT2D eigenvalue weighted by Gasteiger charge is 2.35. The molecule has 0 spiro atoms. The first-order valence-electron chi connectivity index (χ1n) is 8.57. The summed E-state index contributed by atoms with van der Waals surface area (Å²) in [4.78, 5) is 13.0. The fourth-order valence-electron chi connectivity index (χ4n) is 3.41. The number of anilines is 1. The van der Waals surface area contributed by atoms with Crippen molar-refractivity contribution in [1.82, 2.24) is 0 Å². The van der Waals surface area contributed by atoms with Gasteiger partial charge in [0.15, 0.2) is 5.78 Å². The molecule has 0 radical (unpaired) electrons. The van der Waals surface area contributed by atoms with Gasteiger partial charge in [-0.1, -0.05) is 54.6 Å². The van der Waals surface area contributed by atoms with Gasteiger partial charge in [0, 0.05) is 28.9 Å². The molecule has 1 N–H and O–H groups in total. The molecule has 0 fully saturated rings. The Morgan fingerprint density at radius 3 is 2.31 bits per heavy atom. The Bertz CT molecular complexity index is 959. The predicted octanol–water partition coefficient (Wildman–Crippen LogP) is 5.02. The van der Waals surface area contributed by atoms with Crippen molar-refractivity contribution < 1.29 is 9.53 Å². The van der Waals surface area contributed by atoms with Gasteiger partial charge in [-0.15, -0.1) is 0 Å². The van der Waals surface area contributed by atoms with Crippen molar-refractivity contribution >= 4 is 11.5 Å². The number of methoxy groups -OCH3 is 1. The van der Waals surface area contributed by atoms with Gasteiger partial charge >= 0.3 is 0 Å². The van der Waals surface area contributed by atoms with Crippen LogP contribution in [0.5, 0.6) is 5.75 Å². The molecule has 0 aromatic heterocycles. The van der Waals surface area contributed by atoms with E-state index in [-0.39, 0.29) is 11.7 Å². The lowest BCUT2D eigenvalue weighted by molar-refractivity contribution is 0.103. The van der Waals surface area contributed by atoms with E-state index in [1.807, 2.05) is 72.9 Å². The number of ketones is 1. The van der Waals surface area contributed by atoms with Crippen molar-refractivity contribution in [1.29, 1.82) is 0 Å². The number of ether oxygens (including phenoxy) is 1. The van der Waals surface area contributed by atoms with E-state index in [1.165, 1.54) is 0 Å². The van der Waals surface area contributed by atoms with E-state index in [0.29, 0.717) is 0 Å². The molecule has 3 heteroatoms. The van der Waals surface area contributed by atoms with Crippen molar-refractivity contribution in [3.8, 4) is 5.75 Å². The smallest absolute Gasteiger partial charge is 0.191 e. The second-order valence-electron chi connectivity index (χ2n) is 6.23. The molecule has 26 heavy (non-hydrogen) atoms. The maximum absolute atomic E-state index is 13.0. The molecule has 0 saturated heterocycles. The van der Waals surface area contributed by atoms with Crippen LogP contribution >= 0.6 is 0 Å². The lowest BCUT2D eigenvalue weighted by atomic mass is 9.90. The molecular formula is C23H19NO2. The fourth-order valence-corrected chi connectivity index (χ4v) is 3.41. The van der Waals surface area contributed by atoms with Gasteiger partial charge in [-0.25, -0.2) is 0 Å². The normalized spacial score (nSPS) is 17.2. The number of hydrogen-bond acceptors (Lipinski definition) is 3. The average molecular weight is 341 g/mol. The van der Waals surface area contributed by atoms with Crippen LogP contribution in [0.15, 0.2) is 90.6 Å². The van der Waals surface area contributed by atoms with Crippen molar-refractivity contribution in [2.24, 2.45) is 0 Å². The monoisotopic (exact) mass is 341 g/mol.